The number of aromatic nitrogens is 1. The first-order valence-electron chi connectivity index (χ1n) is 8.55. The number of aliphatic imine (C=N–C) groups is 1. The number of piperazine rings is 1. The highest BCUT2D eigenvalue weighted by atomic mass is 32.2. The Kier molecular flexibility index (Phi) is 5.69. The monoisotopic (exact) mass is 380 g/mol. The Morgan fingerprint density at radius 1 is 1.38 bits per heavy atom. The summed E-state index contributed by atoms with van der Waals surface area (Å²) in [4.78, 5) is 25.1. The predicted molar refractivity (Wildman–Crippen MR) is 101 cm³/mol. The molecular formula is C17H24N4O4S. The van der Waals surface area contributed by atoms with Gasteiger partial charge in [-0.2, -0.15) is 0 Å². The predicted octanol–water partition coefficient (Wildman–Crippen LogP) is 0.327. The molecule has 3 heterocycles. The van der Waals surface area contributed by atoms with Crippen LogP contribution in [0.25, 0.3) is 0 Å². The van der Waals surface area contributed by atoms with E-state index >= 15 is 0 Å². The van der Waals surface area contributed by atoms with E-state index in [1.54, 1.807) is 19.2 Å². The molecule has 2 N–H and O–H groups in total. The van der Waals surface area contributed by atoms with Crippen molar-refractivity contribution in [1.82, 2.24) is 9.88 Å². The van der Waals surface area contributed by atoms with Gasteiger partial charge in [-0.15, -0.1) is 11.8 Å². The summed E-state index contributed by atoms with van der Waals surface area (Å²) in [5.74, 6) is 0.127. The lowest BCUT2D eigenvalue weighted by Crippen LogP contribution is -2.47. The Bertz CT molecular complexity index is 706. The highest BCUT2D eigenvalue weighted by molar-refractivity contribution is 8.14. The first-order chi connectivity index (χ1) is 12.5. The molecule has 0 saturated carbocycles. The quantitative estimate of drug-likeness (QED) is 0.705. The Balaban J connectivity index is 1.73. The Morgan fingerprint density at radius 2 is 2.12 bits per heavy atom. The van der Waals surface area contributed by atoms with E-state index < -0.39 is 11.5 Å². The summed E-state index contributed by atoms with van der Waals surface area (Å²) in [5, 5.41) is 20.0. The number of carbonyl (C=O) groups is 1. The van der Waals surface area contributed by atoms with E-state index in [-0.39, 0.29) is 12.4 Å². The van der Waals surface area contributed by atoms with Crippen LogP contribution in [0.15, 0.2) is 17.3 Å². The number of carbonyl (C=O) groups excluding carboxylic acids is 1. The zero-order valence-electron chi connectivity index (χ0n) is 15.0. The van der Waals surface area contributed by atoms with E-state index in [1.165, 1.54) is 18.9 Å². The third-order valence-electron chi connectivity index (χ3n) is 4.67. The minimum atomic E-state index is -0.940. The van der Waals surface area contributed by atoms with Crippen molar-refractivity contribution in [3.05, 3.63) is 18.0 Å². The molecular weight excluding hydrogens is 356 g/mol. The third-order valence-corrected chi connectivity index (χ3v) is 5.94. The molecule has 2 aliphatic rings. The number of rotatable bonds is 5. The number of hydrogen-bond donors (Lipinski definition) is 2. The largest absolute Gasteiger partial charge is 0.506 e. The standard InChI is InChI=1S/C17H24N4O4S/c1-17(16(24)25-2)11-26-15(19-17)14-13(23)9-12(10-18-14)21-5-3-20(4-6-21)7-8-22/h9-10,22-23H,3-8,11H2,1-2H3/t17-/m1/s1. The molecule has 26 heavy (non-hydrogen) atoms. The van der Waals surface area contributed by atoms with Gasteiger partial charge in [-0.3, -0.25) is 9.89 Å². The number of anilines is 1. The van der Waals surface area contributed by atoms with Crippen molar-refractivity contribution in [2.24, 2.45) is 4.99 Å². The maximum atomic E-state index is 11.9. The molecule has 0 amide bonds. The molecule has 9 heteroatoms. The van der Waals surface area contributed by atoms with Gasteiger partial charge in [0.05, 0.1) is 25.6 Å². The van der Waals surface area contributed by atoms with Crippen LogP contribution in [-0.4, -0.2) is 88.8 Å². The van der Waals surface area contributed by atoms with Crippen molar-refractivity contribution in [3.63, 3.8) is 0 Å². The molecule has 0 aromatic carbocycles. The summed E-state index contributed by atoms with van der Waals surface area (Å²) in [6.07, 6.45) is 1.73. The number of aromatic hydroxyl groups is 1. The summed E-state index contributed by atoms with van der Waals surface area (Å²) in [5.41, 5.74) is 0.310. The molecule has 0 aliphatic carbocycles. The van der Waals surface area contributed by atoms with Crippen LogP contribution in [-0.2, 0) is 9.53 Å². The Hall–Kier alpha value is -1.84. The van der Waals surface area contributed by atoms with Gasteiger partial charge in [-0.05, 0) is 6.92 Å². The van der Waals surface area contributed by atoms with Crippen molar-refractivity contribution >= 4 is 28.5 Å². The van der Waals surface area contributed by atoms with Crippen molar-refractivity contribution in [1.29, 1.82) is 0 Å². The number of methoxy groups -OCH3 is 1. The van der Waals surface area contributed by atoms with Crippen LogP contribution in [0, 0.1) is 0 Å². The van der Waals surface area contributed by atoms with Crippen LogP contribution in [0.1, 0.15) is 12.6 Å². The molecule has 3 rings (SSSR count). The third kappa shape index (κ3) is 3.79. The van der Waals surface area contributed by atoms with Crippen LogP contribution in [0.2, 0.25) is 0 Å². The van der Waals surface area contributed by atoms with Gasteiger partial charge in [0, 0.05) is 44.5 Å². The molecule has 1 aromatic rings. The Labute approximate surface area is 156 Å². The van der Waals surface area contributed by atoms with Gasteiger partial charge in [0.2, 0.25) is 0 Å². The minimum Gasteiger partial charge on any atom is -0.506 e. The summed E-state index contributed by atoms with van der Waals surface area (Å²) in [6, 6.07) is 1.70. The first kappa shape index (κ1) is 18.9. The lowest BCUT2D eigenvalue weighted by molar-refractivity contribution is -0.145. The first-order valence-corrected chi connectivity index (χ1v) is 9.54. The smallest absolute Gasteiger partial charge is 0.334 e. The van der Waals surface area contributed by atoms with Crippen LogP contribution < -0.4 is 4.90 Å². The topological polar surface area (TPSA) is 98.5 Å². The molecule has 1 aromatic heterocycles. The van der Waals surface area contributed by atoms with Gasteiger partial charge >= 0.3 is 5.97 Å². The zero-order chi connectivity index (χ0) is 18.7. The molecule has 1 fully saturated rings. The number of ether oxygens (including phenoxy) is 1. The average Bonchev–Trinajstić information content (AvgIpc) is 3.05. The van der Waals surface area contributed by atoms with Crippen LogP contribution in [0.4, 0.5) is 5.69 Å². The van der Waals surface area contributed by atoms with Gasteiger partial charge in [-0.25, -0.2) is 9.78 Å². The fourth-order valence-electron chi connectivity index (χ4n) is 3.09. The number of aliphatic hydroxyl groups excluding tert-OH is 1. The molecule has 0 bridgehead atoms. The van der Waals surface area contributed by atoms with Crippen LogP contribution in [0.5, 0.6) is 5.75 Å². The number of hydrogen-bond acceptors (Lipinski definition) is 9. The maximum Gasteiger partial charge on any atom is 0.334 e. The van der Waals surface area contributed by atoms with Crippen LogP contribution in [0.3, 0.4) is 0 Å². The minimum absolute atomic E-state index is 0.0562. The van der Waals surface area contributed by atoms with E-state index in [1.807, 2.05) is 0 Å². The normalized spacial score (nSPS) is 23.8. The van der Waals surface area contributed by atoms with Crippen molar-refractivity contribution in [2.75, 3.05) is 57.1 Å². The van der Waals surface area contributed by atoms with E-state index in [4.69, 9.17) is 9.84 Å². The maximum absolute atomic E-state index is 11.9. The fourth-order valence-corrected chi connectivity index (χ4v) is 4.25. The SMILES string of the molecule is COC(=O)[C@@]1(C)CSC(c2ncc(N3CCN(CCO)CC3)cc2O)=N1. The van der Waals surface area contributed by atoms with Gasteiger partial charge in [-0.1, -0.05) is 0 Å². The van der Waals surface area contributed by atoms with E-state index in [9.17, 15) is 9.90 Å². The number of aliphatic hydroxyl groups is 1. The molecule has 8 nitrogen and oxygen atoms in total. The van der Waals surface area contributed by atoms with E-state index in [2.05, 4.69) is 19.8 Å². The number of nitrogens with zero attached hydrogens (tertiary/aromatic N) is 4. The fraction of sp³-hybridized carbons (Fsp3) is 0.588. The molecule has 0 unspecified atom stereocenters. The molecule has 142 valence electrons. The second-order valence-electron chi connectivity index (χ2n) is 6.58. The number of thioether (sulfide) groups is 1. The van der Waals surface area contributed by atoms with Gasteiger partial charge in [0.1, 0.15) is 16.5 Å². The molecule has 1 saturated heterocycles. The highest BCUT2D eigenvalue weighted by Crippen LogP contribution is 2.35. The highest BCUT2D eigenvalue weighted by Gasteiger charge is 2.40. The summed E-state index contributed by atoms with van der Waals surface area (Å²) in [6.45, 7) is 5.93. The second kappa shape index (κ2) is 7.81. The Morgan fingerprint density at radius 3 is 2.73 bits per heavy atom. The van der Waals surface area contributed by atoms with E-state index in [0.29, 0.717) is 23.0 Å². The summed E-state index contributed by atoms with van der Waals surface area (Å²) >= 11 is 1.39. The number of esters is 1. The van der Waals surface area contributed by atoms with Gasteiger partial charge in [0.15, 0.2) is 5.54 Å². The summed E-state index contributed by atoms with van der Waals surface area (Å²) < 4.78 is 4.81. The summed E-state index contributed by atoms with van der Waals surface area (Å²) in [7, 11) is 1.34. The molecule has 0 radical (unpaired) electrons. The molecule has 1 atom stereocenters. The lowest BCUT2D eigenvalue weighted by Gasteiger charge is -2.35. The average molecular weight is 380 g/mol. The van der Waals surface area contributed by atoms with Crippen molar-refractivity contribution in [3.8, 4) is 5.75 Å². The molecule has 2 aliphatic heterocycles. The second-order valence-corrected chi connectivity index (χ2v) is 7.55. The van der Waals surface area contributed by atoms with Crippen LogP contribution >= 0.6 is 11.8 Å². The lowest BCUT2D eigenvalue weighted by atomic mass is 10.1. The van der Waals surface area contributed by atoms with Gasteiger partial charge < -0.3 is 19.8 Å². The molecule has 0 spiro atoms. The van der Waals surface area contributed by atoms with Crippen molar-refractivity contribution in [2.45, 2.75) is 12.5 Å². The van der Waals surface area contributed by atoms with Gasteiger partial charge in [0.25, 0.3) is 0 Å². The van der Waals surface area contributed by atoms with E-state index in [0.717, 1.165) is 31.9 Å². The number of β-amino-alcohol motifs (C(OH)–C–C–N with tert-alkyl or cyclic N) is 1. The zero-order valence-corrected chi connectivity index (χ0v) is 15.8. The van der Waals surface area contributed by atoms with Crippen molar-refractivity contribution < 1.29 is 19.7 Å². The number of pyridine rings is 1.